The summed E-state index contributed by atoms with van der Waals surface area (Å²) >= 11 is 0. The van der Waals surface area contributed by atoms with E-state index in [-0.39, 0.29) is 5.91 Å². The molecule has 0 aromatic carbocycles. The number of piperidine rings is 1. The molecule has 2 heterocycles. The van der Waals surface area contributed by atoms with Crippen LogP contribution in [0.4, 0.5) is 5.82 Å². The fraction of sp³-hybridized carbons (Fsp3) is 0.700. The van der Waals surface area contributed by atoms with Crippen molar-refractivity contribution in [1.82, 2.24) is 14.8 Å². The van der Waals surface area contributed by atoms with Crippen molar-refractivity contribution in [2.45, 2.75) is 51.0 Å². The first kappa shape index (κ1) is 18.2. The average Bonchev–Trinajstić information content (AvgIpc) is 2.63. The number of pyridine rings is 1. The van der Waals surface area contributed by atoms with E-state index in [0.717, 1.165) is 18.3 Å². The van der Waals surface area contributed by atoms with Gasteiger partial charge < -0.3 is 15.1 Å². The summed E-state index contributed by atoms with van der Waals surface area (Å²) in [5.41, 5.74) is 0.637. The summed E-state index contributed by atoms with van der Waals surface area (Å²) in [4.78, 5) is 20.6. The quantitative estimate of drug-likeness (QED) is 0.891. The molecular formula is C20H32N4O. The minimum atomic E-state index is -0.00428. The number of nitrogens with one attached hydrogen (secondary N) is 1. The number of anilines is 1. The van der Waals surface area contributed by atoms with Crippen molar-refractivity contribution in [2.75, 3.05) is 39.0 Å². The van der Waals surface area contributed by atoms with Crippen LogP contribution in [0, 0.1) is 5.92 Å². The van der Waals surface area contributed by atoms with Crippen LogP contribution in [0.25, 0.3) is 0 Å². The van der Waals surface area contributed by atoms with Gasteiger partial charge in [0.25, 0.3) is 5.91 Å². The largest absolute Gasteiger partial charge is 0.366 e. The summed E-state index contributed by atoms with van der Waals surface area (Å²) in [6.45, 7) is 3.61. The molecule has 5 nitrogen and oxygen atoms in total. The van der Waals surface area contributed by atoms with E-state index in [1.54, 1.807) is 25.2 Å². The van der Waals surface area contributed by atoms with Crippen molar-refractivity contribution in [2.24, 2.45) is 5.92 Å². The molecule has 5 heteroatoms. The lowest BCUT2D eigenvalue weighted by atomic mass is 9.88. The molecule has 1 aromatic heterocycles. The number of likely N-dealkylation sites (tertiary alicyclic amines) is 1. The smallest absolute Gasteiger partial charge is 0.254 e. The maximum absolute atomic E-state index is 11.9. The van der Waals surface area contributed by atoms with E-state index in [1.165, 1.54) is 58.0 Å². The van der Waals surface area contributed by atoms with Gasteiger partial charge in [0, 0.05) is 39.4 Å². The van der Waals surface area contributed by atoms with Crippen molar-refractivity contribution in [3.8, 4) is 0 Å². The van der Waals surface area contributed by atoms with E-state index in [9.17, 15) is 4.79 Å². The highest BCUT2D eigenvalue weighted by atomic mass is 16.2. The molecule has 1 amide bonds. The van der Waals surface area contributed by atoms with E-state index >= 15 is 0 Å². The first-order chi connectivity index (χ1) is 12.1. The molecule has 1 saturated heterocycles. The Labute approximate surface area is 151 Å². The topological polar surface area (TPSA) is 48.5 Å². The van der Waals surface area contributed by atoms with Crippen molar-refractivity contribution in [1.29, 1.82) is 0 Å². The molecule has 138 valence electrons. The highest BCUT2D eigenvalue weighted by molar-refractivity contribution is 5.93. The highest BCUT2D eigenvalue weighted by Gasteiger charge is 2.23. The molecule has 1 aliphatic heterocycles. The van der Waals surface area contributed by atoms with E-state index in [0.29, 0.717) is 11.6 Å². The first-order valence-electron chi connectivity index (χ1n) is 9.78. The highest BCUT2D eigenvalue weighted by Crippen LogP contribution is 2.26. The van der Waals surface area contributed by atoms with Gasteiger partial charge >= 0.3 is 0 Å². The van der Waals surface area contributed by atoms with E-state index in [2.05, 4.69) is 15.2 Å². The van der Waals surface area contributed by atoms with Gasteiger partial charge in [0.05, 0.1) is 5.56 Å². The molecule has 1 unspecified atom stereocenters. The minimum Gasteiger partial charge on any atom is -0.366 e. The standard InChI is InChI=1S/C20H32N4O/c1-23(2)20(25)17-10-11-19(21-13-17)22-18-9-6-12-24(15-18)14-16-7-4-3-5-8-16/h10-11,13,16,18H,3-9,12,14-15H2,1-2H3,(H,21,22). The number of nitrogens with zero attached hydrogens (tertiary/aromatic N) is 3. The van der Waals surface area contributed by atoms with Crippen molar-refractivity contribution in [3.05, 3.63) is 23.9 Å². The SMILES string of the molecule is CN(C)C(=O)c1ccc(NC2CCCN(CC3CCCCC3)C2)nc1. The second kappa shape index (κ2) is 8.65. The molecule has 0 radical (unpaired) electrons. The molecule has 3 rings (SSSR count). The zero-order chi connectivity index (χ0) is 17.6. The second-order valence-corrected chi connectivity index (χ2v) is 7.88. The van der Waals surface area contributed by atoms with Gasteiger partial charge in [0.15, 0.2) is 0 Å². The summed E-state index contributed by atoms with van der Waals surface area (Å²) in [7, 11) is 3.52. The molecular weight excluding hydrogens is 312 g/mol. The normalized spacial score (nSPS) is 22.6. The summed E-state index contributed by atoms with van der Waals surface area (Å²) in [6, 6.07) is 4.25. The van der Waals surface area contributed by atoms with Gasteiger partial charge in [-0.1, -0.05) is 19.3 Å². The zero-order valence-electron chi connectivity index (χ0n) is 15.7. The summed E-state index contributed by atoms with van der Waals surface area (Å²) in [5, 5.41) is 3.57. The monoisotopic (exact) mass is 344 g/mol. The van der Waals surface area contributed by atoms with Gasteiger partial charge in [-0.3, -0.25) is 4.79 Å². The van der Waals surface area contributed by atoms with E-state index < -0.39 is 0 Å². The zero-order valence-corrected chi connectivity index (χ0v) is 15.7. The third-order valence-electron chi connectivity index (χ3n) is 5.52. The molecule has 1 aromatic rings. The molecule has 1 N–H and O–H groups in total. The lowest BCUT2D eigenvalue weighted by molar-refractivity contribution is 0.0827. The third kappa shape index (κ3) is 5.18. The van der Waals surface area contributed by atoms with Gasteiger partial charge in [0.1, 0.15) is 5.82 Å². The lowest BCUT2D eigenvalue weighted by Gasteiger charge is -2.36. The molecule has 1 aliphatic carbocycles. The van der Waals surface area contributed by atoms with Crippen LogP contribution in [0.3, 0.4) is 0 Å². The summed E-state index contributed by atoms with van der Waals surface area (Å²) in [6.07, 6.45) is 11.2. The third-order valence-corrected chi connectivity index (χ3v) is 5.52. The molecule has 25 heavy (non-hydrogen) atoms. The Balaban J connectivity index is 1.51. The maximum Gasteiger partial charge on any atom is 0.254 e. The Hall–Kier alpha value is -1.62. The Morgan fingerprint density at radius 1 is 1.20 bits per heavy atom. The Kier molecular flexibility index (Phi) is 6.29. The predicted molar refractivity (Wildman–Crippen MR) is 102 cm³/mol. The number of hydrogen-bond donors (Lipinski definition) is 1. The molecule has 2 fully saturated rings. The van der Waals surface area contributed by atoms with Crippen molar-refractivity contribution < 1.29 is 4.79 Å². The molecule has 0 spiro atoms. The van der Waals surface area contributed by atoms with Crippen LogP contribution in [0.15, 0.2) is 18.3 Å². The van der Waals surface area contributed by atoms with E-state index in [4.69, 9.17) is 0 Å². The van der Waals surface area contributed by atoms with Crippen molar-refractivity contribution in [3.63, 3.8) is 0 Å². The number of carbonyl (C=O) groups excluding carboxylic acids is 1. The second-order valence-electron chi connectivity index (χ2n) is 7.88. The average molecular weight is 345 g/mol. The van der Waals surface area contributed by atoms with Crippen LogP contribution in [0.1, 0.15) is 55.3 Å². The van der Waals surface area contributed by atoms with Gasteiger partial charge in [-0.15, -0.1) is 0 Å². The lowest BCUT2D eigenvalue weighted by Crippen LogP contribution is -2.44. The number of aromatic nitrogens is 1. The van der Waals surface area contributed by atoms with Crippen LogP contribution >= 0.6 is 0 Å². The molecule has 2 aliphatic rings. The fourth-order valence-corrected chi connectivity index (χ4v) is 4.15. The Morgan fingerprint density at radius 2 is 2.00 bits per heavy atom. The summed E-state index contributed by atoms with van der Waals surface area (Å²) in [5.74, 6) is 1.78. The number of rotatable bonds is 5. The molecule has 1 saturated carbocycles. The van der Waals surface area contributed by atoms with Gasteiger partial charge in [-0.05, 0) is 50.3 Å². The van der Waals surface area contributed by atoms with E-state index in [1.807, 2.05) is 12.1 Å². The molecule has 1 atom stereocenters. The minimum absolute atomic E-state index is 0.00428. The number of hydrogen-bond acceptors (Lipinski definition) is 4. The number of amides is 1. The Morgan fingerprint density at radius 3 is 2.68 bits per heavy atom. The first-order valence-corrected chi connectivity index (χ1v) is 9.78. The number of carbonyl (C=O) groups is 1. The molecule has 0 bridgehead atoms. The Bertz CT molecular complexity index is 551. The fourth-order valence-electron chi connectivity index (χ4n) is 4.15. The van der Waals surface area contributed by atoms with Crippen LogP contribution in [-0.4, -0.2) is 60.5 Å². The van der Waals surface area contributed by atoms with Gasteiger partial charge in [-0.25, -0.2) is 4.98 Å². The van der Waals surface area contributed by atoms with Gasteiger partial charge in [0.2, 0.25) is 0 Å². The van der Waals surface area contributed by atoms with Crippen LogP contribution in [0.2, 0.25) is 0 Å². The van der Waals surface area contributed by atoms with Gasteiger partial charge in [-0.2, -0.15) is 0 Å². The van der Waals surface area contributed by atoms with Crippen LogP contribution in [-0.2, 0) is 0 Å². The predicted octanol–water partition coefficient (Wildman–Crippen LogP) is 3.24. The van der Waals surface area contributed by atoms with Crippen LogP contribution < -0.4 is 5.32 Å². The van der Waals surface area contributed by atoms with Crippen molar-refractivity contribution >= 4 is 11.7 Å². The summed E-state index contributed by atoms with van der Waals surface area (Å²) < 4.78 is 0. The maximum atomic E-state index is 11.9. The van der Waals surface area contributed by atoms with Crippen LogP contribution in [0.5, 0.6) is 0 Å².